The van der Waals surface area contributed by atoms with Gasteiger partial charge in [-0.1, -0.05) is 0 Å². The molecule has 0 radical (unpaired) electrons. The Morgan fingerprint density at radius 3 is 3.04 bits per heavy atom. The summed E-state index contributed by atoms with van der Waals surface area (Å²) >= 11 is 0. The zero-order valence-corrected chi connectivity index (χ0v) is 13.5. The van der Waals surface area contributed by atoms with Crippen molar-refractivity contribution in [3.63, 3.8) is 0 Å². The fourth-order valence-corrected chi connectivity index (χ4v) is 3.03. The van der Waals surface area contributed by atoms with Crippen LogP contribution in [-0.2, 0) is 0 Å². The number of aromatic nitrogens is 1. The normalized spacial score (nSPS) is 17.7. The largest absolute Gasteiger partial charge is 0.493 e. The Kier molecular flexibility index (Phi) is 3.91. The number of hydrogen-bond donors (Lipinski definition) is 0. The van der Waals surface area contributed by atoms with E-state index in [-0.39, 0.29) is 6.79 Å². The van der Waals surface area contributed by atoms with Gasteiger partial charge in [-0.15, -0.1) is 0 Å². The van der Waals surface area contributed by atoms with Crippen LogP contribution in [0.2, 0.25) is 0 Å². The Labute approximate surface area is 140 Å². The average molecular weight is 322 g/mol. The monoisotopic (exact) mass is 322 g/mol. The van der Waals surface area contributed by atoms with Crippen LogP contribution in [-0.4, -0.2) is 31.1 Å². The van der Waals surface area contributed by atoms with Gasteiger partial charge in [0.2, 0.25) is 12.5 Å². The van der Waals surface area contributed by atoms with E-state index < -0.39 is 0 Å². The molecule has 24 heavy (non-hydrogen) atoms. The third-order valence-corrected chi connectivity index (χ3v) is 4.13. The van der Waals surface area contributed by atoms with E-state index in [1.807, 2.05) is 30.5 Å². The zero-order valence-electron chi connectivity index (χ0n) is 13.5. The standard InChI is InChI=1S/C19H18N2O3/c1-22-16-9-13(10-17-19(16)24-12-23-17)8-14-4-3-7-21-18(14)15-5-2-6-20-11-15/h2,5-6,8-11H,3-4,7,12H2,1H3. The quantitative estimate of drug-likeness (QED) is 0.868. The topological polar surface area (TPSA) is 52.9 Å². The summed E-state index contributed by atoms with van der Waals surface area (Å²) in [5.74, 6) is 2.08. The van der Waals surface area contributed by atoms with Gasteiger partial charge >= 0.3 is 0 Å². The van der Waals surface area contributed by atoms with Gasteiger partial charge in [-0.3, -0.25) is 9.98 Å². The Hall–Kier alpha value is -2.82. The fraction of sp³-hybridized carbons (Fsp3) is 0.263. The van der Waals surface area contributed by atoms with Crippen LogP contribution in [0.1, 0.15) is 24.0 Å². The minimum Gasteiger partial charge on any atom is -0.493 e. The van der Waals surface area contributed by atoms with Gasteiger partial charge < -0.3 is 14.2 Å². The minimum absolute atomic E-state index is 0.230. The van der Waals surface area contributed by atoms with Crippen molar-refractivity contribution in [1.82, 2.24) is 4.98 Å². The van der Waals surface area contributed by atoms with Crippen molar-refractivity contribution in [3.8, 4) is 17.2 Å². The molecule has 0 atom stereocenters. The molecular weight excluding hydrogens is 304 g/mol. The molecule has 0 bridgehead atoms. The molecular formula is C19H18N2O3. The first-order valence-corrected chi connectivity index (χ1v) is 7.98. The summed E-state index contributed by atoms with van der Waals surface area (Å²) in [5.41, 5.74) is 4.29. The lowest BCUT2D eigenvalue weighted by Gasteiger charge is -2.16. The first-order chi connectivity index (χ1) is 11.8. The van der Waals surface area contributed by atoms with E-state index in [2.05, 4.69) is 11.1 Å². The van der Waals surface area contributed by atoms with Crippen LogP contribution in [0, 0.1) is 0 Å². The predicted octanol–water partition coefficient (Wildman–Crippen LogP) is 3.49. The second-order valence-corrected chi connectivity index (χ2v) is 5.70. The number of allylic oxidation sites excluding steroid dienone is 1. The van der Waals surface area contributed by atoms with Crippen LogP contribution in [0.25, 0.3) is 6.08 Å². The molecule has 3 heterocycles. The van der Waals surface area contributed by atoms with Crippen molar-refractivity contribution >= 4 is 11.8 Å². The summed E-state index contributed by atoms with van der Waals surface area (Å²) in [6.45, 7) is 1.08. The van der Waals surface area contributed by atoms with E-state index in [9.17, 15) is 0 Å². The molecule has 0 aliphatic carbocycles. The van der Waals surface area contributed by atoms with Crippen LogP contribution in [0.5, 0.6) is 17.2 Å². The molecule has 2 aliphatic heterocycles. The first-order valence-electron chi connectivity index (χ1n) is 7.98. The van der Waals surface area contributed by atoms with Gasteiger partial charge in [-0.25, -0.2) is 0 Å². The van der Waals surface area contributed by atoms with Gasteiger partial charge in [0.1, 0.15) is 0 Å². The number of hydrogen-bond acceptors (Lipinski definition) is 5. The molecule has 2 aromatic rings. The molecule has 0 N–H and O–H groups in total. The molecule has 5 nitrogen and oxygen atoms in total. The van der Waals surface area contributed by atoms with Crippen LogP contribution in [0.15, 0.2) is 47.2 Å². The highest BCUT2D eigenvalue weighted by molar-refractivity contribution is 6.15. The van der Waals surface area contributed by atoms with E-state index in [1.165, 1.54) is 5.57 Å². The summed E-state index contributed by atoms with van der Waals surface area (Å²) < 4.78 is 16.4. The number of benzene rings is 1. The van der Waals surface area contributed by atoms with E-state index in [0.717, 1.165) is 42.0 Å². The predicted molar refractivity (Wildman–Crippen MR) is 92.0 cm³/mol. The minimum atomic E-state index is 0.230. The number of pyridine rings is 1. The molecule has 2 aliphatic rings. The molecule has 0 spiro atoms. The van der Waals surface area contributed by atoms with Crippen molar-refractivity contribution in [2.75, 3.05) is 20.4 Å². The number of methoxy groups -OCH3 is 1. The molecule has 122 valence electrons. The maximum Gasteiger partial charge on any atom is 0.231 e. The van der Waals surface area contributed by atoms with Crippen molar-refractivity contribution in [3.05, 3.63) is 53.4 Å². The lowest BCUT2D eigenvalue weighted by atomic mass is 9.95. The number of ether oxygens (including phenoxy) is 3. The van der Waals surface area contributed by atoms with Crippen molar-refractivity contribution in [1.29, 1.82) is 0 Å². The van der Waals surface area contributed by atoms with E-state index in [0.29, 0.717) is 11.5 Å². The molecule has 0 amide bonds. The van der Waals surface area contributed by atoms with Crippen molar-refractivity contribution in [2.24, 2.45) is 4.99 Å². The highest BCUT2D eigenvalue weighted by Crippen LogP contribution is 2.42. The summed E-state index contributed by atoms with van der Waals surface area (Å²) in [6, 6.07) is 7.93. The lowest BCUT2D eigenvalue weighted by Crippen LogP contribution is -2.11. The second-order valence-electron chi connectivity index (χ2n) is 5.70. The second kappa shape index (κ2) is 6.35. The number of aliphatic imine (C=N–C) groups is 1. The zero-order chi connectivity index (χ0) is 16.4. The Bertz CT molecular complexity index is 813. The summed E-state index contributed by atoms with van der Waals surface area (Å²) in [6.07, 6.45) is 7.83. The van der Waals surface area contributed by atoms with Gasteiger partial charge in [0.15, 0.2) is 11.5 Å². The molecule has 0 unspecified atom stereocenters. The van der Waals surface area contributed by atoms with Crippen molar-refractivity contribution in [2.45, 2.75) is 12.8 Å². The number of rotatable bonds is 3. The molecule has 4 rings (SSSR count). The third kappa shape index (κ3) is 2.73. The maximum atomic E-state index is 5.51. The lowest BCUT2D eigenvalue weighted by molar-refractivity contribution is 0.171. The highest BCUT2D eigenvalue weighted by atomic mass is 16.7. The number of nitrogens with zero attached hydrogens (tertiary/aromatic N) is 2. The highest BCUT2D eigenvalue weighted by Gasteiger charge is 2.20. The van der Waals surface area contributed by atoms with Crippen LogP contribution in [0.3, 0.4) is 0 Å². The van der Waals surface area contributed by atoms with E-state index >= 15 is 0 Å². The van der Waals surface area contributed by atoms with Gasteiger partial charge in [-0.2, -0.15) is 0 Å². The summed E-state index contributed by atoms with van der Waals surface area (Å²) in [4.78, 5) is 8.92. The Morgan fingerprint density at radius 2 is 2.21 bits per heavy atom. The molecule has 1 aromatic heterocycles. The Morgan fingerprint density at radius 1 is 1.25 bits per heavy atom. The van der Waals surface area contributed by atoms with Crippen molar-refractivity contribution < 1.29 is 14.2 Å². The van der Waals surface area contributed by atoms with Crippen LogP contribution < -0.4 is 14.2 Å². The maximum absolute atomic E-state index is 5.51. The third-order valence-electron chi connectivity index (χ3n) is 4.13. The van der Waals surface area contributed by atoms with Crippen LogP contribution >= 0.6 is 0 Å². The first kappa shape index (κ1) is 14.8. The molecule has 1 aromatic carbocycles. The average Bonchev–Trinajstić information content (AvgIpc) is 3.11. The molecule has 5 heteroatoms. The van der Waals surface area contributed by atoms with Crippen LogP contribution in [0.4, 0.5) is 0 Å². The van der Waals surface area contributed by atoms with Gasteiger partial charge in [0.05, 0.1) is 12.8 Å². The van der Waals surface area contributed by atoms with E-state index in [4.69, 9.17) is 19.2 Å². The molecule has 0 saturated heterocycles. The van der Waals surface area contributed by atoms with Gasteiger partial charge in [0, 0.05) is 24.5 Å². The Balaban J connectivity index is 1.74. The fourth-order valence-electron chi connectivity index (χ4n) is 3.03. The summed E-state index contributed by atoms with van der Waals surface area (Å²) in [5, 5.41) is 0. The van der Waals surface area contributed by atoms with Gasteiger partial charge in [0.25, 0.3) is 0 Å². The van der Waals surface area contributed by atoms with Gasteiger partial charge in [-0.05, 0) is 54.3 Å². The SMILES string of the molecule is COc1cc(C=C2CCCN=C2c2cccnc2)cc2c1OCO2. The van der Waals surface area contributed by atoms with E-state index in [1.54, 1.807) is 13.3 Å². The smallest absolute Gasteiger partial charge is 0.231 e. The number of fused-ring (bicyclic) bond motifs is 1. The molecule has 0 fully saturated rings. The molecule has 0 saturated carbocycles. The summed E-state index contributed by atoms with van der Waals surface area (Å²) in [7, 11) is 1.64.